The number of nitrogens with zero attached hydrogens (tertiary/aromatic N) is 1. The van der Waals surface area contributed by atoms with Gasteiger partial charge in [0.1, 0.15) is 0 Å². The molecular weight excluding hydrogens is 795 g/mol. The van der Waals surface area contributed by atoms with Gasteiger partial charge < -0.3 is 4.57 Å². The summed E-state index contributed by atoms with van der Waals surface area (Å²) >= 11 is 0. The summed E-state index contributed by atoms with van der Waals surface area (Å²) in [6.07, 6.45) is 0. The van der Waals surface area contributed by atoms with E-state index in [-0.39, 0.29) is 5.41 Å². The molecule has 0 saturated carbocycles. The predicted molar refractivity (Wildman–Crippen MR) is 282 cm³/mol. The topological polar surface area (TPSA) is 4.93 Å². The first-order valence-corrected chi connectivity index (χ1v) is 23.2. The van der Waals surface area contributed by atoms with Crippen LogP contribution >= 0.6 is 0 Å². The third-order valence-electron chi connectivity index (χ3n) is 14.9. The van der Waals surface area contributed by atoms with Crippen molar-refractivity contribution in [2.45, 2.75) is 19.3 Å². The Bertz CT molecular complexity index is 4130. The molecule has 0 radical (unpaired) electrons. The minimum atomic E-state index is -0.197. The highest BCUT2D eigenvalue weighted by atomic mass is 15.0. The molecule has 0 fully saturated rings. The Balaban J connectivity index is 0.996. The molecule has 13 aromatic rings. The van der Waals surface area contributed by atoms with E-state index in [4.69, 9.17) is 0 Å². The van der Waals surface area contributed by atoms with Crippen LogP contribution in [0.15, 0.2) is 224 Å². The second kappa shape index (κ2) is 13.9. The quantitative estimate of drug-likeness (QED) is 0.123. The maximum Gasteiger partial charge on any atom is 0.0541 e. The van der Waals surface area contributed by atoms with Crippen molar-refractivity contribution in [3.8, 4) is 50.2 Å². The number of rotatable bonds is 4. The van der Waals surface area contributed by atoms with Gasteiger partial charge >= 0.3 is 0 Å². The first-order chi connectivity index (χ1) is 32.5. The van der Waals surface area contributed by atoms with Crippen molar-refractivity contribution in [1.82, 2.24) is 4.57 Å². The fourth-order valence-electron chi connectivity index (χ4n) is 12.3. The van der Waals surface area contributed by atoms with Crippen molar-refractivity contribution >= 4 is 75.7 Å². The number of benzene rings is 12. The number of fused-ring (bicyclic) bond motifs is 15. The third-order valence-corrected chi connectivity index (χ3v) is 14.9. The van der Waals surface area contributed by atoms with Crippen LogP contribution in [0.4, 0.5) is 0 Å². The van der Waals surface area contributed by atoms with Gasteiger partial charge in [-0.05, 0) is 152 Å². The van der Waals surface area contributed by atoms with Gasteiger partial charge in [0.2, 0.25) is 0 Å². The molecule has 1 aromatic heterocycles. The molecule has 0 aliphatic heterocycles. The molecule has 0 atom stereocenters. The highest BCUT2D eigenvalue weighted by Crippen LogP contribution is 2.58. The van der Waals surface area contributed by atoms with Crippen molar-refractivity contribution in [3.63, 3.8) is 0 Å². The minimum Gasteiger partial charge on any atom is -0.309 e. The number of hydrogen-bond acceptors (Lipinski definition) is 0. The molecule has 0 unspecified atom stereocenters. The van der Waals surface area contributed by atoms with Gasteiger partial charge in [-0.2, -0.15) is 0 Å². The molecule has 0 saturated heterocycles. The molecular formula is C65H43N. The summed E-state index contributed by atoms with van der Waals surface area (Å²) < 4.78 is 2.40. The molecule has 14 rings (SSSR count). The summed E-state index contributed by atoms with van der Waals surface area (Å²) in [6, 6.07) is 83.8. The standard InChI is InChI=1S/C65H43N/c1-65(2)63-53-32-14-8-25-46(53)55(39-57(63)62-48-27-9-6-23-44(48)45-24-7-15-33-54(45)64(62)65)40-19-18-20-41(37-40)60-49-28-10-12-30-51(49)61(52-31-13-11-29-50(52)60)42-35-36-59-56(38-42)47-26-16-17-34-58(47)66(59)43-21-4-3-5-22-43/h3-39H,1-2H3. The van der Waals surface area contributed by atoms with Crippen LogP contribution in [0, 0.1) is 0 Å². The fraction of sp³-hybridized carbons (Fsp3) is 0.0462. The van der Waals surface area contributed by atoms with Crippen molar-refractivity contribution in [2.24, 2.45) is 0 Å². The number of aromatic nitrogens is 1. The Kier molecular flexibility index (Phi) is 7.81. The summed E-state index contributed by atoms with van der Waals surface area (Å²) in [7, 11) is 0. The van der Waals surface area contributed by atoms with Crippen molar-refractivity contribution in [1.29, 1.82) is 0 Å². The highest BCUT2D eigenvalue weighted by molar-refractivity contribution is 6.24. The summed E-state index contributed by atoms with van der Waals surface area (Å²) in [4.78, 5) is 0. The third kappa shape index (κ3) is 5.11. The largest absolute Gasteiger partial charge is 0.309 e. The molecule has 0 N–H and O–H groups in total. The van der Waals surface area contributed by atoms with E-state index in [1.165, 1.54) is 137 Å². The van der Waals surface area contributed by atoms with Crippen LogP contribution in [0.5, 0.6) is 0 Å². The van der Waals surface area contributed by atoms with Gasteiger partial charge in [0.15, 0.2) is 0 Å². The van der Waals surface area contributed by atoms with Crippen molar-refractivity contribution in [2.75, 3.05) is 0 Å². The average Bonchev–Trinajstić information content (AvgIpc) is 3.83. The van der Waals surface area contributed by atoms with Gasteiger partial charge in [0.25, 0.3) is 0 Å². The van der Waals surface area contributed by atoms with Crippen LogP contribution < -0.4 is 0 Å². The second-order valence-corrected chi connectivity index (χ2v) is 18.7. The second-order valence-electron chi connectivity index (χ2n) is 18.7. The maximum absolute atomic E-state index is 2.52. The lowest BCUT2D eigenvalue weighted by Gasteiger charge is -2.25. The maximum atomic E-state index is 2.52. The first-order valence-electron chi connectivity index (χ1n) is 23.2. The molecule has 1 nitrogen and oxygen atoms in total. The number of para-hydroxylation sites is 2. The van der Waals surface area contributed by atoms with Crippen LogP contribution in [0.1, 0.15) is 25.0 Å². The van der Waals surface area contributed by atoms with Crippen LogP contribution in [0.25, 0.3) is 126 Å². The highest BCUT2D eigenvalue weighted by Gasteiger charge is 2.40. The lowest BCUT2D eigenvalue weighted by atomic mass is 9.77. The Morgan fingerprint density at radius 2 is 0.727 bits per heavy atom. The molecule has 0 spiro atoms. The lowest BCUT2D eigenvalue weighted by molar-refractivity contribution is 0.672. The predicted octanol–water partition coefficient (Wildman–Crippen LogP) is 17.9. The van der Waals surface area contributed by atoms with Gasteiger partial charge in [0.05, 0.1) is 11.0 Å². The van der Waals surface area contributed by atoms with E-state index in [0.29, 0.717) is 0 Å². The molecule has 308 valence electrons. The van der Waals surface area contributed by atoms with E-state index in [1.807, 2.05) is 0 Å². The zero-order valence-electron chi connectivity index (χ0n) is 36.8. The zero-order chi connectivity index (χ0) is 43.7. The Morgan fingerprint density at radius 3 is 1.36 bits per heavy atom. The van der Waals surface area contributed by atoms with Crippen LogP contribution in [0.2, 0.25) is 0 Å². The summed E-state index contributed by atoms with van der Waals surface area (Å²) in [5.41, 5.74) is 16.4. The van der Waals surface area contributed by atoms with E-state index in [2.05, 4.69) is 243 Å². The summed E-state index contributed by atoms with van der Waals surface area (Å²) in [5, 5.41) is 15.5. The Morgan fingerprint density at radius 1 is 0.273 bits per heavy atom. The van der Waals surface area contributed by atoms with E-state index >= 15 is 0 Å². The van der Waals surface area contributed by atoms with Crippen molar-refractivity contribution < 1.29 is 0 Å². The Labute approximate surface area is 383 Å². The normalized spacial score (nSPS) is 13.1. The van der Waals surface area contributed by atoms with E-state index in [9.17, 15) is 0 Å². The summed E-state index contributed by atoms with van der Waals surface area (Å²) in [5.74, 6) is 0. The van der Waals surface area contributed by atoms with E-state index < -0.39 is 0 Å². The SMILES string of the molecule is CC1(C)c2c(cc(-c3cccc(-c4c5ccccc5c(-c5ccc6c(c5)c5ccccc5n6-c5ccccc5)c5ccccc45)c3)c3ccccc23)-c2c1c1ccccc1c1ccccc21. The van der Waals surface area contributed by atoms with Gasteiger partial charge in [-0.1, -0.05) is 196 Å². The average molecular weight is 838 g/mol. The molecule has 1 aliphatic rings. The van der Waals surface area contributed by atoms with Gasteiger partial charge in [-0.25, -0.2) is 0 Å². The smallest absolute Gasteiger partial charge is 0.0541 e. The number of hydrogen-bond donors (Lipinski definition) is 0. The molecule has 1 heteroatoms. The monoisotopic (exact) mass is 837 g/mol. The molecule has 0 bridgehead atoms. The van der Waals surface area contributed by atoms with Crippen LogP contribution in [-0.2, 0) is 5.41 Å². The van der Waals surface area contributed by atoms with E-state index in [1.54, 1.807) is 0 Å². The zero-order valence-corrected chi connectivity index (χ0v) is 36.8. The summed E-state index contributed by atoms with van der Waals surface area (Å²) in [6.45, 7) is 4.87. The molecule has 0 amide bonds. The molecule has 1 heterocycles. The molecule has 66 heavy (non-hydrogen) atoms. The first kappa shape index (κ1) is 37.1. The van der Waals surface area contributed by atoms with Crippen LogP contribution in [0.3, 0.4) is 0 Å². The van der Waals surface area contributed by atoms with Crippen molar-refractivity contribution in [3.05, 3.63) is 236 Å². The van der Waals surface area contributed by atoms with Gasteiger partial charge in [0, 0.05) is 21.9 Å². The van der Waals surface area contributed by atoms with Crippen LogP contribution in [-0.4, -0.2) is 4.57 Å². The molecule has 12 aromatic carbocycles. The molecule has 1 aliphatic carbocycles. The Hall–Kier alpha value is -8.26. The van der Waals surface area contributed by atoms with Gasteiger partial charge in [-0.15, -0.1) is 0 Å². The van der Waals surface area contributed by atoms with E-state index in [0.717, 1.165) is 0 Å². The fourth-order valence-corrected chi connectivity index (χ4v) is 12.3. The minimum absolute atomic E-state index is 0.197. The van der Waals surface area contributed by atoms with Gasteiger partial charge in [-0.3, -0.25) is 0 Å². The lowest BCUT2D eigenvalue weighted by Crippen LogP contribution is -2.16.